The van der Waals surface area contributed by atoms with Crippen LogP contribution in [0.2, 0.25) is 0 Å². The lowest BCUT2D eigenvalue weighted by Crippen LogP contribution is -1.95. The van der Waals surface area contributed by atoms with Gasteiger partial charge in [0, 0.05) is 0 Å². The summed E-state index contributed by atoms with van der Waals surface area (Å²) >= 11 is 0. The zero-order chi connectivity index (χ0) is 18.5. The van der Waals surface area contributed by atoms with E-state index in [1.54, 1.807) is 0 Å². The molecule has 0 atom stereocenters. The standard InChI is InChI=1S/C26H26/c1-19(2)26(24-15-9-11-21(4)17-24)25(18-22-12-6-5-7-13-22)23-14-8-10-20(3)16-23/h5-18H,1-4H3/b25-18+. The van der Waals surface area contributed by atoms with Crippen LogP contribution in [-0.2, 0) is 0 Å². The van der Waals surface area contributed by atoms with E-state index >= 15 is 0 Å². The molecule has 3 aromatic rings. The highest BCUT2D eigenvalue weighted by atomic mass is 14.2. The molecule has 0 heteroatoms. The molecule has 0 heterocycles. The van der Waals surface area contributed by atoms with Crippen molar-refractivity contribution in [1.82, 2.24) is 0 Å². The summed E-state index contributed by atoms with van der Waals surface area (Å²) in [6.45, 7) is 8.70. The van der Waals surface area contributed by atoms with Gasteiger partial charge in [-0.05, 0) is 61.6 Å². The van der Waals surface area contributed by atoms with E-state index in [1.165, 1.54) is 44.5 Å². The normalized spacial score (nSPS) is 11.3. The fourth-order valence-corrected chi connectivity index (χ4v) is 3.34. The Hall–Kier alpha value is -2.86. The maximum absolute atomic E-state index is 2.30. The molecule has 0 amide bonds. The van der Waals surface area contributed by atoms with Crippen LogP contribution in [0, 0.1) is 13.8 Å². The van der Waals surface area contributed by atoms with Crippen LogP contribution in [-0.4, -0.2) is 0 Å². The molecule has 0 aliphatic heterocycles. The van der Waals surface area contributed by atoms with Gasteiger partial charge in [0.05, 0.1) is 0 Å². The van der Waals surface area contributed by atoms with Gasteiger partial charge in [0.1, 0.15) is 0 Å². The molecule has 0 radical (unpaired) electrons. The zero-order valence-corrected chi connectivity index (χ0v) is 16.1. The summed E-state index contributed by atoms with van der Waals surface area (Å²) in [6.07, 6.45) is 2.30. The van der Waals surface area contributed by atoms with E-state index in [0.717, 1.165) is 0 Å². The molecular weight excluding hydrogens is 312 g/mol. The number of hydrogen-bond acceptors (Lipinski definition) is 0. The quantitative estimate of drug-likeness (QED) is 0.345. The first kappa shape index (κ1) is 17.9. The topological polar surface area (TPSA) is 0 Å². The van der Waals surface area contributed by atoms with Crippen molar-refractivity contribution in [2.75, 3.05) is 0 Å². The molecule has 0 nitrogen and oxygen atoms in total. The minimum atomic E-state index is 1.22. The third-order valence-electron chi connectivity index (χ3n) is 4.52. The molecule has 0 aliphatic carbocycles. The average molecular weight is 338 g/mol. The Morgan fingerprint density at radius 2 is 1.23 bits per heavy atom. The molecule has 0 saturated carbocycles. The highest BCUT2D eigenvalue weighted by Gasteiger charge is 2.13. The van der Waals surface area contributed by atoms with Crippen molar-refractivity contribution in [3.63, 3.8) is 0 Å². The number of aryl methyl sites for hydroxylation is 2. The second-order valence-corrected chi connectivity index (χ2v) is 7.08. The number of benzene rings is 3. The minimum absolute atomic E-state index is 1.22. The Bertz CT molecular complexity index is 952. The summed E-state index contributed by atoms with van der Waals surface area (Å²) in [5, 5.41) is 0. The van der Waals surface area contributed by atoms with Crippen LogP contribution in [0.3, 0.4) is 0 Å². The minimum Gasteiger partial charge on any atom is -0.0680 e. The molecule has 130 valence electrons. The highest BCUT2D eigenvalue weighted by molar-refractivity contribution is 6.11. The lowest BCUT2D eigenvalue weighted by molar-refractivity contribution is 1.37. The van der Waals surface area contributed by atoms with Crippen LogP contribution in [0.4, 0.5) is 0 Å². The Kier molecular flexibility index (Phi) is 5.53. The molecule has 0 aliphatic rings. The van der Waals surface area contributed by atoms with E-state index in [1.807, 2.05) is 0 Å². The molecule has 0 spiro atoms. The number of rotatable bonds is 4. The Morgan fingerprint density at radius 1 is 0.654 bits per heavy atom. The van der Waals surface area contributed by atoms with Gasteiger partial charge in [0.2, 0.25) is 0 Å². The molecule has 0 fully saturated rings. The molecular formula is C26H26. The predicted octanol–water partition coefficient (Wildman–Crippen LogP) is 7.34. The summed E-state index contributed by atoms with van der Waals surface area (Å²) in [7, 11) is 0. The summed E-state index contributed by atoms with van der Waals surface area (Å²) in [5.41, 5.74) is 10.2. The van der Waals surface area contributed by atoms with Gasteiger partial charge in [0.15, 0.2) is 0 Å². The van der Waals surface area contributed by atoms with Crippen molar-refractivity contribution in [3.05, 3.63) is 112 Å². The molecule has 0 aromatic heterocycles. The van der Waals surface area contributed by atoms with Gasteiger partial charge < -0.3 is 0 Å². The molecule has 0 bridgehead atoms. The van der Waals surface area contributed by atoms with Crippen LogP contribution in [0.15, 0.2) is 84.4 Å². The van der Waals surface area contributed by atoms with Crippen LogP contribution in [0.1, 0.15) is 41.7 Å². The lowest BCUT2D eigenvalue weighted by atomic mass is 9.87. The van der Waals surface area contributed by atoms with Gasteiger partial charge in [-0.25, -0.2) is 0 Å². The lowest BCUT2D eigenvalue weighted by Gasteiger charge is -2.17. The monoisotopic (exact) mass is 338 g/mol. The van der Waals surface area contributed by atoms with E-state index < -0.39 is 0 Å². The number of hydrogen-bond donors (Lipinski definition) is 0. The second-order valence-electron chi connectivity index (χ2n) is 7.08. The number of allylic oxidation sites excluding steroid dienone is 3. The second kappa shape index (κ2) is 8.01. The largest absolute Gasteiger partial charge is 0.0680 e. The van der Waals surface area contributed by atoms with E-state index in [-0.39, 0.29) is 0 Å². The highest BCUT2D eigenvalue weighted by Crippen LogP contribution is 2.36. The first-order valence-electron chi connectivity index (χ1n) is 9.13. The van der Waals surface area contributed by atoms with Crippen LogP contribution in [0.25, 0.3) is 17.2 Å². The summed E-state index contributed by atoms with van der Waals surface area (Å²) < 4.78 is 0. The van der Waals surface area contributed by atoms with Crippen molar-refractivity contribution in [1.29, 1.82) is 0 Å². The van der Waals surface area contributed by atoms with Crippen molar-refractivity contribution in [3.8, 4) is 0 Å². The molecule has 3 aromatic carbocycles. The van der Waals surface area contributed by atoms with Gasteiger partial charge in [-0.15, -0.1) is 0 Å². The SMILES string of the molecule is CC(C)=C(/C(=C/c1ccccc1)c1cccc(C)c1)c1cccc(C)c1. The third kappa shape index (κ3) is 4.21. The molecule has 0 N–H and O–H groups in total. The van der Waals surface area contributed by atoms with E-state index in [4.69, 9.17) is 0 Å². The van der Waals surface area contributed by atoms with Crippen LogP contribution >= 0.6 is 0 Å². The summed E-state index contributed by atoms with van der Waals surface area (Å²) in [5.74, 6) is 0. The molecule has 26 heavy (non-hydrogen) atoms. The maximum Gasteiger partial charge on any atom is -0.0100 e. The van der Waals surface area contributed by atoms with Crippen molar-refractivity contribution in [2.24, 2.45) is 0 Å². The van der Waals surface area contributed by atoms with Crippen molar-refractivity contribution in [2.45, 2.75) is 27.7 Å². The Balaban J connectivity index is 2.25. The van der Waals surface area contributed by atoms with E-state index in [2.05, 4.69) is 113 Å². The summed E-state index contributed by atoms with van der Waals surface area (Å²) in [6, 6.07) is 28.1. The van der Waals surface area contributed by atoms with E-state index in [9.17, 15) is 0 Å². The molecule has 0 saturated heterocycles. The maximum atomic E-state index is 2.30. The van der Waals surface area contributed by atoms with E-state index in [0.29, 0.717) is 0 Å². The zero-order valence-electron chi connectivity index (χ0n) is 16.1. The Morgan fingerprint density at radius 3 is 1.81 bits per heavy atom. The summed E-state index contributed by atoms with van der Waals surface area (Å²) in [4.78, 5) is 0. The van der Waals surface area contributed by atoms with Gasteiger partial charge in [-0.2, -0.15) is 0 Å². The first-order chi connectivity index (χ1) is 12.5. The van der Waals surface area contributed by atoms with Gasteiger partial charge >= 0.3 is 0 Å². The van der Waals surface area contributed by atoms with Gasteiger partial charge in [-0.1, -0.05) is 95.6 Å². The van der Waals surface area contributed by atoms with Crippen molar-refractivity contribution < 1.29 is 0 Å². The smallest absolute Gasteiger partial charge is 0.0100 e. The Labute approximate surface area is 157 Å². The van der Waals surface area contributed by atoms with Crippen LogP contribution in [0.5, 0.6) is 0 Å². The molecule has 0 unspecified atom stereocenters. The fourth-order valence-electron chi connectivity index (χ4n) is 3.34. The van der Waals surface area contributed by atoms with Gasteiger partial charge in [-0.3, -0.25) is 0 Å². The fraction of sp³-hybridized carbons (Fsp3) is 0.154. The third-order valence-corrected chi connectivity index (χ3v) is 4.52. The van der Waals surface area contributed by atoms with Gasteiger partial charge in [0.25, 0.3) is 0 Å². The predicted molar refractivity (Wildman–Crippen MR) is 115 cm³/mol. The average Bonchev–Trinajstić information content (AvgIpc) is 2.62. The van der Waals surface area contributed by atoms with Crippen LogP contribution < -0.4 is 0 Å². The van der Waals surface area contributed by atoms with Crippen molar-refractivity contribution >= 4 is 17.2 Å². The first-order valence-corrected chi connectivity index (χ1v) is 9.13. The molecule has 3 rings (SSSR count).